The highest BCUT2D eigenvalue weighted by Crippen LogP contribution is 2.26. The van der Waals surface area contributed by atoms with Crippen LogP contribution in [0.5, 0.6) is 0 Å². The van der Waals surface area contributed by atoms with Crippen molar-refractivity contribution in [1.29, 1.82) is 0 Å². The number of thiazole rings is 1. The van der Waals surface area contributed by atoms with Crippen LogP contribution in [0.4, 0.5) is 0 Å². The maximum Gasteiger partial charge on any atom is 0.114 e. The molecule has 2 N–H and O–H groups in total. The Hall–Kier alpha value is -0.900. The van der Waals surface area contributed by atoms with E-state index in [0.717, 1.165) is 26.9 Å². The van der Waals surface area contributed by atoms with Crippen LogP contribution in [0.1, 0.15) is 27.9 Å². The van der Waals surface area contributed by atoms with Crippen molar-refractivity contribution >= 4 is 22.9 Å². The molecule has 0 aliphatic carbocycles. The molecule has 0 aliphatic heterocycles. The zero-order chi connectivity index (χ0) is 11.7. The number of nitrogens with two attached hydrogens (primary N) is 1. The molecule has 2 aromatic rings. The zero-order valence-corrected chi connectivity index (χ0v) is 10.8. The number of rotatable bonds is 2. The Morgan fingerprint density at radius 3 is 2.69 bits per heavy atom. The summed E-state index contributed by atoms with van der Waals surface area (Å²) in [7, 11) is 0. The molecule has 1 unspecified atom stereocenters. The standard InChI is InChI=1S/C12H13ClN2S/c1-7-5-9(13)3-4-10(7)11(14)12-15-8(2)6-16-12/h3-6,11H,14H2,1-2H3. The van der Waals surface area contributed by atoms with Gasteiger partial charge in [-0.15, -0.1) is 11.3 Å². The smallest absolute Gasteiger partial charge is 0.114 e. The third-order valence-electron chi connectivity index (χ3n) is 2.47. The molecule has 1 atom stereocenters. The Balaban J connectivity index is 2.37. The summed E-state index contributed by atoms with van der Waals surface area (Å²) in [6, 6.07) is 5.61. The largest absolute Gasteiger partial charge is 0.318 e. The molecule has 0 spiro atoms. The first kappa shape index (κ1) is 11.6. The highest BCUT2D eigenvalue weighted by molar-refractivity contribution is 7.09. The molecule has 0 bridgehead atoms. The van der Waals surface area contributed by atoms with Crippen molar-refractivity contribution in [2.75, 3.05) is 0 Å². The number of hydrogen-bond acceptors (Lipinski definition) is 3. The highest BCUT2D eigenvalue weighted by atomic mass is 35.5. The van der Waals surface area contributed by atoms with Crippen molar-refractivity contribution in [2.45, 2.75) is 19.9 Å². The predicted octanol–water partition coefficient (Wildman–Crippen LogP) is 3.46. The van der Waals surface area contributed by atoms with Gasteiger partial charge >= 0.3 is 0 Å². The average molecular weight is 253 g/mol. The summed E-state index contributed by atoms with van der Waals surface area (Å²) in [6.45, 7) is 3.99. The molecule has 0 fully saturated rings. The van der Waals surface area contributed by atoms with Gasteiger partial charge in [0.2, 0.25) is 0 Å². The van der Waals surface area contributed by atoms with Gasteiger partial charge in [-0.3, -0.25) is 0 Å². The predicted molar refractivity (Wildman–Crippen MR) is 69.1 cm³/mol. The minimum Gasteiger partial charge on any atom is -0.318 e. The van der Waals surface area contributed by atoms with E-state index in [1.54, 1.807) is 11.3 Å². The molecule has 0 saturated carbocycles. The molecule has 4 heteroatoms. The van der Waals surface area contributed by atoms with Crippen LogP contribution >= 0.6 is 22.9 Å². The summed E-state index contributed by atoms with van der Waals surface area (Å²) in [4.78, 5) is 4.41. The van der Waals surface area contributed by atoms with Crippen LogP contribution in [0.15, 0.2) is 23.6 Å². The summed E-state index contributed by atoms with van der Waals surface area (Å²) in [5.74, 6) is 0. The molecule has 0 radical (unpaired) electrons. The van der Waals surface area contributed by atoms with E-state index in [1.165, 1.54) is 0 Å². The summed E-state index contributed by atoms with van der Waals surface area (Å²) >= 11 is 7.51. The normalized spacial score (nSPS) is 12.8. The lowest BCUT2D eigenvalue weighted by molar-refractivity contribution is 0.844. The van der Waals surface area contributed by atoms with E-state index in [1.807, 2.05) is 37.4 Å². The Morgan fingerprint density at radius 2 is 2.12 bits per heavy atom. The molecule has 1 aromatic carbocycles. The van der Waals surface area contributed by atoms with Crippen LogP contribution in [-0.2, 0) is 0 Å². The van der Waals surface area contributed by atoms with Crippen LogP contribution in [0.2, 0.25) is 5.02 Å². The number of nitrogens with zero attached hydrogens (tertiary/aromatic N) is 1. The van der Waals surface area contributed by atoms with Crippen LogP contribution in [0.3, 0.4) is 0 Å². The van der Waals surface area contributed by atoms with Gasteiger partial charge in [0.25, 0.3) is 0 Å². The minimum absolute atomic E-state index is 0.157. The summed E-state index contributed by atoms with van der Waals surface area (Å²) in [5, 5.41) is 3.70. The van der Waals surface area contributed by atoms with Crippen molar-refractivity contribution < 1.29 is 0 Å². The molecule has 0 aliphatic rings. The highest BCUT2D eigenvalue weighted by Gasteiger charge is 2.14. The average Bonchev–Trinajstić information content (AvgIpc) is 2.64. The van der Waals surface area contributed by atoms with Gasteiger partial charge in [-0.25, -0.2) is 4.98 Å². The SMILES string of the molecule is Cc1csc(C(N)c2ccc(Cl)cc2C)n1. The second-order valence-corrected chi connectivity index (χ2v) is 5.13. The van der Waals surface area contributed by atoms with Gasteiger partial charge in [0.1, 0.15) is 5.01 Å². The van der Waals surface area contributed by atoms with E-state index < -0.39 is 0 Å². The first-order valence-corrected chi connectivity index (χ1v) is 6.27. The summed E-state index contributed by atoms with van der Waals surface area (Å²) in [5.41, 5.74) is 9.39. The molecule has 1 heterocycles. The van der Waals surface area contributed by atoms with Crippen molar-refractivity contribution in [1.82, 2.24) is 4.98 Å². The monoisotopic (exact) mass is 252 g/mol. The molecular formula is C12H13ClN2S. The Labute approximate surface area is 104 Å². The fourth-order valence-corrected chi connectivity index (χ4v) is 2.68. The van der Waals surface area contributed by atoms with E-state index in [-0.39, 0.29) is 6.04 Å². The summed E-state index contributed by atoms with van der Waals surface area (Å²) < 4.78 is 0. The van der Waals surface area contributed by atoms with Gasteiger partial charge < -0.3 is 5.73 Å². The topological polar surface area (TPSA) is 38.9 Å². The molecule has 1 aromatic heterocycles. The molecule has 84 valence electrons. The molecular weight excluding hydrogens is 240 g/mol. The van der Waals surface area contributed by atoms with Gasteiger partial charge in [0, 0.05) is 16.1 Å². The van der Waals surface area contributed by atoms with Gasteiger partial charge in [0.15, 0.2) is 0 Å². The molecule has 0 saturated heterocycles. The fourth-order valence-electron chi connectivity index (χ4n) is 1.64. The van der Waals surface area contributed by atoms with Crippen LogP contribution in [0, 0.1) is 13.8 Å². The third kappa shape index (κ3) is 2.26. The number of halogens is 1. The molecule has 2 rings (SSSR count). The van der Waals surface area contributed by atoms with E-state index in [4.69, 9.17) is 17.3 Å². The van der Waals surface area contributed by atoms with Gasteiger partial charge in [-0.05, 0) is 37.1 Å². The number of hydrogen-bond donors (Lipinski definition) is 1. The van der Waals surface area contributed by atoms with Crippen molar-refractivity contribution in [3.05, 3.63) is 50.4 Å². The van der Waals surface area contributed by atoms with Crippen LogP contribution < -0.4 is 5.73 Å². The number of aryl methyl sites for hydroxylation is 2. The Kier molecular flexibility index (Phi) is 3.28. The second-order valence-electron chi connectivity index (χ2n) is 3.81. The third-order valence-corrected chi connectivity index (χ3v) is 3.75. The number of benzene rings is 1. The molecule has 16 heavy (non-hydrogen) atoms. The van der Waals surface area contributed by atoms with E-state index in [2.05, 4.69) is 4.98 Å². The van der Waals surface area contributed by atoms with Gasteiger partial charge in [0.05, 0.1) is 6.04 Å². The van der Waals surface area contributed by atoms with E-state index in [0.29, 0.717) is 0 Å². The first-order chi connectivity index (χ1) is 7.58. The second kappa shape index (κ2) is 4.53. The molecule has 0 amide bonds. The lowest BCUT2D eigenvalue weighted by Gasteiger charge is -2.12. The van der Waals surface area contributed by atoms with Gasteiger partial charge in [-0.1, -0.05) is 17.7 Å². The van der Waals surface area contributed by atoms with E-state index >= 15 is 0 Å². The Morgan fingerprint density at radius 1 is 1.38 bits per heavy atom. The van der Waals surface area contributed by atoms with Crippen LogP contribution in [0.25, 0.3) is 0 Å². The fraction of sp³-hybridized carbons (Fsp3) is 0.250. The van der Waals surface area contributed by atoms with Crippen molar-refractivity contribution in [3.63, 3.8) is 0 Å². The van der Waals surface area contributed by atoms with Gasteiger partial charge in [-0.2, -0.15) is 0 Å². The van der Waals surface area contributed by atoms with E-state index in [9.17, 15) is 0 Å². The maximum absolute atomic E-state index is 6.19. The lowest BCUT2D eigenvalue weighted by atomic mass is 10.0. The zero-order valence-electron chi connectivity index (χ0n) is 9.20. The maximum atomic E-state index is 6.19. The summed E-state index contributed by atoms with van der Waals surface area (Å²) in [6.07, 6.45) is 0. The lowest BCUT2D eigenvalue weighted by Crippen LogP contribution is -2.13. The van der Waals surface area contributed by atoms with Crippen molar-refractivity contribution in [2.24, 2.45) is 5.73 Å². The first-order valence-electron chi connectivity index (χ1n) is 5.01. The quantitative estimate of drug-likeness (QED) is 0.889. The Bertz CT molecular complexity index is 507. The minimum atomic E-state index is -0.157. The number of aromatic nitrogens is 1. The molecule has 2 nitrogen and oxygen atoms in total. The van der Waals surface area contributed by atoms with Crippen molar-refractivity contribution in [3.8, 4) is 0 Å². The van der Waals surface area contributed by atoms with Crippen LogP contribution in [-0.4, -0.2) is 4.98 Å².